The molecule has 5 heteroatoms. The first-order valence-corrected chi connectivity index (χ1v) is 7.80. The quantitative estimate of drug-likeness (QED) is 0.765. The molecule has 0 aliphatic heterocycles. The van der Waals surface area contributed by atoms with Crippen LogP contribution in [0.15, 0.2) is 40.9 Å². The molecular formula is C16H17BrClNO2. The largest absolute Gasteiger partial charge is 0.493 e. The Morgan fingerprint density at radius 1 is 1.14 bits per heavy atom. The van der Waals surface area contributed by atoms with Gasteiger partial charge in [0.05, 0.1) is 13.7 Å². The second kappa shape index (κ2) is 7.57. The number of ether oxygens (including phenoxy) is 2. The molecule has 21 heavy (non-hydrogen) atoms. The first kappa shape index (κ1) is 16.0. The first-order chi connectivity index (χ1) is 10.2. The van der Waals surface area contributed by atoms with Crippen LogP contribution in [-0.2, 0) is 6.54 Å². The average molecular weight is 371 g/mol. The zero-order chi connectivity index (χ0) is 15.2. The summed E-state index contributed by atoms with van der Waals surface area (Å²) in [5.41, 5.74) is 2.02. The Kier molecular flexibility index (Phi) is 5.76. The smallest absolute Gasteiger partial charge is 0.167 e. The van der Waals surface area contributed by atoms with Gasteiger partial charge in [0.25, 0.3) is 0 Å². The van der Waals surface area contributed by atoms with Gasteiger partial charge in [-0.25, -0.2) is 0 Å². The van der Waals surface area contributed by atoms with Crippen molar-refractivity contribution in [2.45, 2.75) is 13.5 Å². The SMILES string of the molecule is CCOc1c(OC)ccc(Br)c1CNc1ccc(Cl)cc1. The molecule has 0 heterocycles. The molecule has 0 aliphatic rings. The number of hydrogen-bond acceptors (Lipinski definition) is 3. The van der Waals surface area contributed by atoms with Crippen molar-refractivity contribution in [3.63, 3.8) is 0 Å². The van der Waals surface area contributed by atoms with E-state index in [1.165, 1.54) is 0 Å². The second-order valence-electron chi connectivity index (χ2n) is 4.35. The topological polar surface area (TPSA) is 30.5 Å². The molecule has 0 radical (unpaired) electrons. The lowest BCUT2D eigenvalue weighted by molar-refractivity contribution is 0.307. The summed E-state index contributed by atoms with van der Waals surface area (Å²) in [7, 11) is 1.64. The number of halogens is 2. The number of benzene rings is 2. The van der Waals surface area contributed by atoms with Crippen molar-refractivity contribution in [2.75, 3.05) is 19.0 Å². The lowest BCUT2D eigenvalue weighted by atomic mass is 10.1. The summed E-state index contributed by atoms with van der Waals surface area (Å²) < 4.78 is 12.1. The maximum Gasteiger partial charge on any atom is 0.167 e. The predicted molar refractivity (Wildman–Crippen MR) is 90.6 cm³/mol. The first-order valence-electron chi connectivity index (χ1n) is 6.63. The third-order valence-corrected chi connectivity index (χ3v) is 3.98. The van der Waals surface area contributed by atoms with Crippen LogP contribution in [0.3, 0.4) is 0 Å². The van der Waals surface area contributed by atoms with E-state index in [2.05, 4.69) is 21.2 Å². The third-order valence-electron chi connectivity index (χ3n) is 2.99. The van der Waals surface area contributed by atoms with E-state index in [9.17, 15) is 0 Å². The molecule has 0 amide bonds. The lowest BCUT2D eigenvalue weighted by Crippen LogP contribution is -2.05. The van der Waals surface area contributed by atoms with E-state index in [-0.39, 0.29) is 0 Å². The molecule has 3 nitrogen and oxygen atoms in total. The zero-order valence-electron chi connectivity index (χ0n) is 12.0. The monoisotopic (exact) mass is 369 g/mol. The number of anilines is 1. The van der Waals surface area contributed by atoms with Gasteiger partial charge in [-0.2, -0.15) is 0 Å². The number of methoxy groups -OCH3 is 1. The van der Waals surface area contributed by atoms with Gasteiger partial charge in [-0.05, 0) is 43.3 Å². The van der Waals surface area contributed by atoms with Crippen LogP contribution in [0, 0.1) is 0 Å². The van der Waals surface area contributed by atoms with Crippen LogP contribution in [-0.4, -0.2) is 13.7 Å². The maximum absolute atomic E-state index is 5.89. The van der Waals surface area contributed by atoms with Crippen molar-refractivity contribution in [3.05, 3.63) is 51.5 Å². The summed E-state index contributed by atoms with van der Waals surface area (Å²) in [6, 6.07) is 11.4. The second-order valence-corrected chi connectivity index (χ2v) is 5.64. The molecule has 2 rings (SSSR count). The lowest BCUT2D eigenvalue weighted by Gasteiger charge is -2.16. The summed E-state index contributed by atoms with van der Waals surface area (Å²) in [4.78, 5) is 0. The summed E-state index contributed by atoms with van der Waals surface area (Å²) in [6.07, 6.45) is 0. The van der Waals surface area contributed by atoms with E-state index >= 15 is 0 Å². The molecule has 0 aliphatic carbocycles. The van der Waals surface area contributed by atoms with Crippen molar-refractivity contribution in [1.29, 1.82) is 0 Å². The molecular weight excluding hydrogens is 354 g/mol. The van der Waals surface area contributed by atoms with Crippen molar-refractivity contribution < 1.29 is 9.47 Å². The molecule has 0 saturated heterocycles. The molecule has 0 aromatic heterocycles. The van der Waals surface area contributed by atoms with E-state index in [4.69, 9.17) is 21.1 Å². The third kappa shape index (κ3) is 4.05. The fourth-order valence-corrected chi connectivity index (χ4v) is 2.55. The van der Waals surface area contributed by atoms with Gasteiger partial charge in [-0.1, -0.05) is 27.5 Å². The molecule has 0 spiro atoms. The molecule has 0 fully saturated rings. The van der Waals surface area contributed by atoms with Gasteiger partial charge >= 0.3 is 0 Å². The molecule has 0 bridgehead atoms. The minimum atomic E-state index is 0.584. The van der Waals surface area contributed by atoms with Gasteiger partial charge in [0.2, 0.25) is 0 Å². The minimum absolute atomic E-state index is 0.584. The van der Waals surface area contributed by atoms with Gasteiger partial charge in [0, 0.05) is 27.3 Å². The summed E-state index contributed by atoms with van der Waals surface area (Å²) in [5.74, 6) is 1.49. The highest BCUT2D eigenvalue weighted by atomic mass is 79.9. The van der Waals surface area contributed by atoms with E-state index in [1.54, 1.807) is 7.11 Å². The highest BCUT2D eigenvalue weighted by Gasteiger charge is 2.14. The summed E-state index contributed by atoms with van der Waals surface area (Å²) in [5, 5.41) is 4.08. The summed E-state index contributed by atoms with van der Waals surface area (Å²) in [6.45, 7) is 3.16. The van der Waals surface area contributed by atoms with Crippen molar-refractivity contribution in [2.24, 2.45) is 0 Å². The molecule has 112 valence electrons. The Balaban J connectivity index is 2.23. The number of nitrogens with one attached hydrogen (secondary N) is 1. The predicted octanol–water partition coefficient (Wildman–Crippen LogP) is 5.12. The Bertz CT molecular complexity index is 602. The molecule has 2 aromatic carbocycles. The van der Waals surface area contributed by atoms with Crippen LogP contribution in [0.2, 0.25) is 5.02 Å². The maximum atomic E-state index is 5.89. The van der Waals surface area contributed by atoms with E-state index in [0.29, 0.717) is 13.2 Å². The van der Waals surface area contributed by atoms with E-state index in [1.807, 2.05) is 43.3 Å². The molecule has 0 unspecified atom stereocenters. The van der Waals surface area contributed by atoms with Crippen LogP contribution in [0.5, 0.6) is 11.5 Å². The Hall–Kier alpha value is -1.39. The Morgan fingerprint density at radius 2 is 1.86 bits per heavy atom. The van der Waals surface area contributed by atoms with Crippen LogP contribution in [0.25, 0.3) is 0 Å². The van der Waals surface area contributed by atoms with E-state index < -0.39 is 0 Å². The van der Waals surface area contributed by atoms with Crippen molar-refractivity contribution in [1.82, 2.24) is 0 Å². The highest BCUT2D eigenvalue weighted by molar-refractivity contribution is 9.10. The van der Waals surface area contributed by atoms with Crippen LogP contribution in [0.4, 0.5) is 5.69 Å². The molecule has 0 saturated carbocycles. The van der Waals surface area contributed by atoms with Crippen LogP contribution >= 0.6 is 27.5 Å². The van der Waals surface area contributed by atoms with Crippen molar-refractivity contribution >= 4 is 33.2 Å². The molecule has 2 aromatic rings. The van der Waals surface area contributed by atoms with Crippen LogP contribution in [0.1, 0.15) is 12.5 Å². The fourth-order valence-electron chi connectivity index (χ4n) is 1.97. The van der Waals surface area contributed by atoms with Gasteiger partial charge in [-0.3, -0.25) is 0 Å². The van der Waals surface area contributed by atoms with Gasteiger partial charge in [-0.15, -0.1) is 0 Å². The number of hydrogen-bond donors (Lipinski definition) is 1. The standard InChI is InChI=1S/C16H17BrClNO2/c1-3-21-16-13(14(17)8-9-15(16)20-2)10-19-12-6-4-11(18)5-7-12/h4-9,19H,3,10H2,1-2H3. The van der Waals surface area contributed by atoms with Gasteiger partial charge < -0.3 is 14.8 Å². The fraction of sp³-hybridized carbons (Fsp3) is 0.250. The highest BCUT2D eigenvalue weighted by Crippen LogP contribution is 2.36. The zero-order valence-corrected chi connectivity index (χ0v) is 14.3. The van der Waals surface area contributed by atoms with Crippen LogP contribution < -0.4 is 14.8 Å². The summed E-state index contributed by atoms with van der Waals surface area (Å²) >= 11 is 9.46. The molecule has 1 N–H and O–H groups in total. The number of rotatable bonds is 6. The Labute approximate surface area is 138 Å². The average Bonchev–Trinajstić information content (AvgIpc) is 2.49. The van der Waals surface area contributed by atoms with Gasteiger partial charge in [0.15, 0.2) is 11.5 Å². The Morgan fingerprint density at radius 3 is 2.48 bits per heavy atom. The minimum Gasteiger partial charge on any atom is -0.493 e. The van der Waals surface area contributed by atoms with E-state index in [0.717, 1.165) is 32.2 Å². The van der Waals surface area contributed by atoms with Crippen molar-refractivity contribution in [3.8, 4) is 11.5 Å². The normalized spacial score (nSPS) is 10.3. The molecule has 0 atom stereocenters. The van der Waals surface area contributed by atoms with Gasteiger partial charge in [0.1, 0.15) is 0 Å².